The number of carbonyl (C=O) groups excluding carboxylic acids is 2. The van der Waals surface area contributed by atoms with Crippen molar-refractivity contribution in [3.63, 3.8) is 0 Å². The van der Waals surface area contributed by atoms with Gasteiger partial charge in [-0.15, -0.1) is 0 Å². The Morgan fingerprint density at radius 1 is 0.630 bits per heavy atom. The molecule has 2 amide bonds. The number of hydrogen-bond acceptors (Lipinski definition) is 12. The number of pyridine rings is 2. The van der Waals surface area contributed by atoms with E-state index in [1.165, 1.54) is 34.8 Å². The van der Waals surface area contributed by atoms with Crippen LogP contribution in [0.3, 0.4) is 0 Å². The second-order valence-corrected chi connectivity index (χ2v) is 12.8. The number of likely N-dealkylation sites (N-methyl/N-ethyl adjacent to an activating group) is 1. The van der Waals surface area contributed by atoms with Crippen LogP contribution in [0.2, 0.25) is 0 Å². The molecule has 6 heterocycles. The van der Waals surface area contributed by atoms with E-state index in [9.17, 15) is 9.18 Å². The van der Waals surface area contributed by atoms with Crippen LogP contribution < -0.4 is 11.5 Å². The van der Waals surface area contributed by atoms with Crippen LogP contribution in [0.1, 0.15) is 33.4 Å². The van der Waals surface area contributed by atoms with E-state index in [0.29, 0.717) is 44.5 Å². The largest absolute Gasteiger partial charge is 0.369 e. The van der Waals surface area contributed by atoms with Gasteiger partial charge in [-0.25, -0.2) is 34.3 Å². The molecule has 0 bridgehead atoms. The van der Waals surface area contributed by atoms with E-state index in [0.717, 1.165) is 5.56 Å². The van der Waals surface area contributed by atoms with Crippen LogP contribution in [0.5, 0.6) is 0 Å². The van der Waals surface area contributed by atoms with Crippen LogP contribution in [0.25, 0.3) is 22.3 Å². The highest BCUT2D eigenvalue weighted by molar-refractivity contribution is 6.10. The van der Waals surface area contributed by atoms with Gasteiger partial charge in [0, 0.05) is 78.9 Å². The van der Waals surface area contributed by atoms with Gasteiger partial charge < -0.3 is 11.5 Å². The van der Waals surface area contributed by atoms with Gasteiger partial charge in [-0.3, -0.25) is 29.4 Å². The molecule has 14 nitrogen and oxygen atoms in total. The number of nitrogens with zero attached hydrogens (tertiary/aromatic N) is 10. The van der Waals surface area contributed by atoms with Gasteiger partial charge >= 0.3 is 0 Å². The predicted molar refractivity (Wildman–Crippen MR) is 196 cm³/mol. The summed E-state index contributed by atoms with van der Waals surface area (Å²) in [5.74, 6) is -0.947. The SMILES string of the molecule is CN1C(=O)C(c2ccncc2)(c2cc(CN3C(=O)C(c4cccc(-c5cncnc5)c4)(c4ccncc4CF)N=C3N)cc(-c3cncnc3)c2)N=C1N. The first-order valence-corrected chi connectivity index (χ1v) is 16.7. The van der Waals surface area contributed by atoms with Crippen molar-refractivity contribution in [3.8, 4) is 22.3 Å². The minimum absolute atomic E-state index is 0.0352. The second-order valence-electron chi connectivity index (χ2n) is 12.8. The number of amides is 2. The number of benzene rings is 2. The monoisotopic (exact) mass is 718 g/mol. The minimum atomic E-state index is -1.77. The van der Waals surface area contributed by atoms with Gasteiger partial charge in [0.1, 0.15) is 19.3 Å². The van der Waals surface area contributed by atoms with Crippen LogP contribution in [-0.4, -0.2) is 70.5 Å². The Morgan fingerprint density at radius 2 is 1.28 bits per heavy atom. The van der Waals surface area contributed by atoms with Crippen molar-refractivity contribution in [2.45, 2.75) is 24.3 Å². The fourth-order valence-electron chi connectivity index (χ4n) is 7.08. The zero-order chi connectivity index (χ0) is 37.5. The lowest BCUT2D eigenvalue weighted by molar-refractivity contribution is -0.131. The standard InChI is InChI=1S/C39H31FN12O2/c1-51-34(53)38(49-36(51)41,30-5-8-43-9-6-30)32-12-24(11-26(14-32)29-19-47-23-48-20-29)21-52-35(54)39(50-37(52)42,33-7-10-44-16-27(33)15-40)31-4-2-3-25(13-31)28-17-45-22-46-18-28/h2-14,16-20,22-23H,15,21H2,1H3,(H2,41,49)(H2,42,50). The maximum atomic E-state index is 15.1. The molecule has 4 aromatic heterocycles. The molecule has 0 saturated heterocycles. The number of halogens is 1. The minimum Gasteiger partial charge on any atom is -0.369 e. The van der Waals surface area contributed by atoms with E-state index < -0.39 is 23.7 Å². The van der Waals surface area contributed by atoms with Crippen molar-refractivity contribution < 1.29 is 14.0 Å². The van der Waals surface area contributed by atoms with E-state index in [4.69, 9.17) is 21.5 Å². The molecule has 2 aliphatic rings. The van der Waals surface area contributed by atoms with E-state index in [2.05, 4.69) is 29.9 Å². The second kappa shape index (κ2) is 13.4. The Kier molecular flexibility index (Phi) is 8.37. The summed E-state index contributed by atoms with van der Waals surface area (Å²) in [6.45, 7) is -0.976. The van der Waals surface area contributed by atoms with E-state index in [-0.39, 0.29) is 29.9 Å². The van der Waals surface area contributed by atoms with E-state index >= 15 is 4.79 Å². The number of nitrogens with two attached hydrogens (primary N) is 2. The molecule has 0 saturated carbocycles. The lowest BCUT2D eigenvalue weighted by Crippen LogP contribution is -2.43. The first-order valence-electron chi connectivity index (χ1n) is 16.7. The average molecular weight is 719 g/mol. The third-order valence-electron chi connectivity index (χ3n) is 9.71. The summed E-state index contributed by atoms with van der Waals surface area (Å²) in [5.41, 5.74) is 14.9. The van der Waals surface area contributed by atoms with Gasteiger partial charge in [0.2, 0.25) is 0 Å². The van der Waals surface area contributed by atoms with Gasteiger partial charge in [-0.1, -0.05) is 24.3 Å². The van der Waals surface area contributed by atoms with Crippen molar-refractivity contribution in [2.75, 3.05) is 7.05 Å². The number of aromatic nitrogens is 6. The van der Waals surface area contributed by atoms with Crippen molar-refractivity contribution in [1.82, 2.24) is 39.7 Å². The molecule has 15 heteroatoms. The third-order valence-corrected chi connectivity index (χ3v) is 9.71. The highest BCUT2D eigenvalue weighted by Gasteiger charge is 2.53. The Hall–Kier alpha value is -7.29. The molecule has 2 aromatic carbocycles. The molecule has 0 aliphatic carbocycles. The molecule has 2 unspecified atom stereocenters. The van der Waals surface area contributed by atoms with E-state index in [1.54, 1.807) is 86.7 Å². The maximum Gasteiger partial charge on any atom is 0.266 e. The molecule has 0 radical (unpaired) electrons. The molecule has 54 heavy (non-hydrogen) atoms. The zero-order valence-corrected chi connectivity index (χ0v) is 28.8. The van der Waals surface area contributed by atoms with Crippen molar-refractivity contribution >= 4 is 23.7 Å². The van der Waals surface area contributed by atoms with E-state index in [1.807, 2.05) is 18.2 Å². The fourth-order valence-corrected chi connectivity index (χ4v) is 7.08. The molecule has 6 aromatic rings. The van der Waals surface area contributed by atoms with Crippen LogP contribution >= 0.6 is 0 Å². The topological polar surface area (TPSA) is 195 Å². The Bertz CT molecular complexity index is 2470. The Labute approximate surface area is 308 Å². The lowest BCUT2D eigenvalue weighted by atomic mass is 9.80. The normalized spacial score (nSPS) is 19.6. The van der Waals surface area contributed by atoms with Crippen LogP contribution in [-0.2, 0) is 33.9 Å². The van der Waals surface area contributed by atoms with Crippen molar-refractivity contribution in [1.29, 1.82) is 0 Å². The summed E-state index contributed by atoms with van der Waals surface area (Å²) in [4.78, 5) is 66.5. The Morgan fingerprint density at radius 3 is 1.94 bits per heavy atom. The molecule has 0 fully saturated rings. The van der Waals surface area contributed by atoms with Gasteiger partial charge in [-0.05, 0) is 69.8 Å². The van der Waals surface area contributed by atoms with Gasteiger partial charge in [0.15, 0.2) is 23.0 Å². The predicted octanol–water partition coefficient (Wildman–Crippen LogP) is 3.49. The zero-order valence-electron chi connectivity index (χ0n) is 28.8. The van der Waals surface area contributed by atoms with Crippen molar-refractivity contribution in [2.24, 2.45) is 21.5 Å². The van der Waals surface area contributed by atoms with Crippen LogP contribution in [0, 0.1) is 0 Å². The molecular formula is C39H31FN12O2. The third kappa shape index (κ3) is 5.41. The Balaban J connectivity index is 1.29. The maximum absolute atomic E-state index is 15.1. The molecular weight excluding hydrogens is 688 g/mol. The summed E-state index contributed by atoms with van der Waals surface area (Å²) in [7, 11) is 1.56. The summed E-state index contributed by atoms with van der Waals surface area (Å²) in [6.07, 6.45) is 15.5. The first-order chi connectivity index (χ1) is 26.3. The number of aliphatic imine (C=N–C) groups is 2. The molecule has 4 N–H and O–H groups in total. The summed E-state index contributed by atoms with van der Waals surface area (Å²) >= 11 is 0. The summed E-state index contributed by atoms with van der Waals surface area (Å²) in [5, 5.41) is 0. The first kappa shape index (κ1) is 33.8. The molecule has 8 rings (SSSR count). The van der Waals surface area contributed by atoms with Crippen molar-refractivity contribution in [3.05, 3.63) is 156 Å². The number of carbonyl (C=O) groups is 2. The molecule has 266 valence electrons. The smallest absolute Gasteiger partial charge is 0.266 e. The highest BCUT2D eigenvalue weighted by Crippen LogP contribution is 2.44. The molecule has 0 spiro atoms. The summed E-state index contributed by atoms with van der Waals surface area (Å²) < 4.78 is 14.7. The summed E-state index contributed by atoms with van der Waals surface area (Å²) in [6, 6.07) is 17.7. The van der Waals surface area contributed by atoms with Gasteiger partial charge in [-0.2, -0.15) is 0 Å². The van der Waals surface area contributed by atoms with Gasteiger partial charge in [0.25, 0.3) is 11.8 Å². The molecule has 2 aliphatic heterocycles. The lowest BCUT2D eigenvalue weighted by Gasteiger charge is -2.29. The molecule has 2 atom stereocenters. The quantitative estimate of drug-likeness (QED) is 0.223. The number of alkyl halides is 1. The fraction of sp³-hybridized carbons (Fsp3) is 0.128. The van der Waals surface area contributed by atoms with Gasteiger partial charge in [0.05, 0.1) is 6.54 Å². The number of guanidine groups is 2. The van der Waals surface area contributed by atoms with Crippen LogP contribution in [0.4, 0.5) is 4.39 Å². The number of rotatable bonds is 9. The highest BCUT2D eigenvalue weighted by atomic mass is 19.1. The average Bonchev–Trinajstić information content (AvgIpc) is 3.62. The van der Waals surface area contributed by atoms with Crippen LogP contribution in [0.15, 0.2) is 133 Å². The number of hydrogen-bond donors (Lipinski definition) is 2.